The summed E-state index contributed by atoms with van der Waals surface area (Å²) >= 11 is 0. The van der Waals surface area contributed by atoms with Crippen molar-refractivity contribution in [3.05, 3.63) is 71.8 Å². The van der Waals surface area contributed by atoms with Crippen molar-refractivity contribution < 1.29 is 0 Å². The monoisotopic (exact) mass is 286 g/mol. The maximum atomic E-state index is 2.36. The van der Waals surface area contributed by atoms with E-state index in [2.05, 4.69) is 60.7 Å². The lowest BCUT2D eigenvalue weighted by molar-refractivity contribution is -0.334. The average molecular weight is 286 g/mol. The van der Waals surface area contributed by atoms with Gasteiger partial charge in [0.25, 0.3) is 0 Å². The fourth-order valence-electron chi connectivity index (χ4n) is 6.90. The highest BCUT2D eigenvalue weighted by Crippen LogP contribution is 2.91. The molecule has 2 aromatic carbocycles. The normalized spacial score (nSPS) is 46.7. The molecule has 0 atom stereocenters. The van der Waals surface area contributed by atoms with Gasteiger partial charge in [-0.15, -0.1) is 0 Å². The molecule has 0 amide bonds. The zero-order chi connectivity index (χ0) is 14.5. The Hall–Kier alpha value is -1.56. The van der Waals surface area contributed by atoms with E-state index in [0.29, 0.717) is 10.8 Å². The molecule has 0 aliphatic heterocycles. The van der Waals surface area contributed by atoms with Crippen molar-refractivity contribution in [3.8, 4) is 0 Å². The standard InChI is InChI=1S/C22H22/c1-3-7-17(8-4-1)19-11-21(12-19,13-19)22-14-20(15-22,16-22)18-9-5-2-6-10-18/h1-10H,11-16H2. The topological polar surface area (TPSA) is 0 Å². The van der Waals surface area contributed by atoms with Gasteiger partial charge in [-0.25, -0.2) is 0 Å². The van der Waals surface area contributed by atoms with Gasteiger partial charge in [-0.05, 0) is 71.3 Å². The van der Waals surface area contributed by atoms with Crippen LogP contribution in [0.25, 0.3) is 0 Å². The molecule has 8 rings (SSSR count). The van der Waals surface area contributed by atoms with Crippen LogP contribution in [0.15, 0.2) is 60.7 Å². The summed E-state index contributed by atoms with van der Waals surface area (Å²) in [5.41, 5.74) is 5.86. The van der Waals surface area contributed by atoms with Crippen LogP contribution in [-0.2, 0) is 10.8 Å². The second kappa shape index (κ2) is 3.35. The van der Waals surface area contributed by atoms with Gasteiger partial charge in [-0.2, -0.15) is 0 Å². The smallest absolute Gasteiger partial charge is 0.00305 e. The first-order valence-corrected chi connectivity index (χ1v) is 8.81. The Morgan fingerprint density at radius 2 is 0.773 bits per heavy atom. The highest BCUT2D eigenvalue weighted by molar-refractivity contribution is 5.48. The van der Waals surface area contributed by atoms with E-state index in [9.17, 15) is 0 Å². The molecule has 0 spiro atoms. The van der Waals surface area contributed by atoms with Gasteiger partial charge in [-0.1, -0.05) is 60.7 Å². The lowest BCUT2D eigenvalue weighted by Gasteiger charge is -2.88. The third-order valence-electron chi connectivity index (χ3n) is 7.96. The molecular formula is C22H22. The van der Waals surface area contributed by atoms with Crippen molar-refractivity contribution in [2.75, 3.05) is 0 Å². The maximum absolute atomic E-state index is 2.36. The summed E-state index contributed by atoms with van der Waals surface area (Å²) in [4.78, 5) is 0. The molecule has 6 aliphatic rings. The summed E-state index contributed by atoms with van der Waals surface area (Å²) in [7, 11) is 0. The third-order valence-corrected chi connectivity index (χ3v) is 7.96. The van der Waals surface area contributed by atoms with E-state index in [1.165, 1.54) is 38.5 Å². The van der Waals surface area contributed by atoms with Crippen LogP contribution in [0.2, 0.25) is 0 Å². The minimum Gasteiger partial charge on any atom is -0.0622 e. The van der Waals surface area contributed by atoms with E-state index in [-0.39, 0.29) is 0 Å². The molecule has 0 nitrogen and oxygen atoms in total. The second-order valence-electron chi connectivity index (χ2n) is 8.91. The highest BCUT2D eigenvalue weighted by atomic mass is 14.9. The van der Waals surface area contributed by atoms with E-state index >= 15 is 0 Å². The predicted molar refractivity (Wildman–Crippen MR) is 88.8 cm³/mol. The first-order chi connectivity index (χ1) is 10.7. The summed E-state index contributed by atoms with van der Waals surface area (Å²) in [6, 6.07) is 22.6. The van der Waals surface area contributed by atoms with Gasteiger partial charge in [0.2, 0.25) is 0 Å². The van der Waals surface area contributed by atoms with Crippen molar-refractivity contribution in [2.45, 2.75) is 49.4 Å². The second-order valence-corrected chi connectivity index (χ2v) is 8.91. The highest BCUT2D eigenvalue weighted by Gasteiger charge is 2.84. The van der Waals surface area contributed by atoms with Crippen LogP contribution in [0.5, 0.6) is 0 Å². The van der Waals surface area contributed by atoms with Gasteiger partial charge in [-0.3, -0.25) is 0 Å². The molecule has 0 unspecified atom stereocenters. The molecule has 0 radical (unpaired) electrons. The molecule has 2 aromatic rings. The van der Waals surface area contributed by atoms with E-state index in [0.717, 1.165) is 10.8 Å². The van der Waals surface area contributed by atoms with E-state index < -0.39 is 0 Å². The summed E-state index contributed by atoms with van der Waals surface area (Å²) in [6.07, 6.45) is 8.89. The lowest BCUT2D eigenvalue weighted by Crippen LogP contribution is -2.81. The van der Waals surface area contributed by atoms with Crippen LogP contribution in [0.4, 0.5) is 0 Å². The molecule has 6 fully saturated rings. The fourth-order valence-corrected chi connectivity index (χ4v) is 6.90. The Kier molecular flexibility index (Phi) is 1.82. The minimum atomic E-state index is 0.580. The largest absolute Gasteiger partial charge is 0.0622 e. The van der Waals surface area contributed by atoms with Crippen molar-refractivity contribution in [1.29, 1.82) is 0 Å². The van der Waals surface area contributed by atoms with Crippen molar-refractivity contribution in [1.82, 2.24) is 0 Å². The zero-order valence-electron chi connectivity index (χ0n) is 13.0. The van der Waals surface area contributed by atoms with Crippen LogP contribution in [0.1, 0.15) is 49.7 Å². The molecule has 6 saturated carbocycles. The number of rotatable bonds is 3. The van der Waals surface area contributed by atoms with Crippen LogP contribution in [0.3, 0.4) is 0 Å². The van der Waals surface area contributed by atoms with E-state index in [4.69, 9.17) is 0 Å². The molecule has 4 bridgehead atoms. The number of hydrogen-bond donors (Lipinski definition) is 0. The maximum Gasteiger partial charge on any atom is -0.00305 e. The van der Waals surface area contributed by atoms with E-state index in [1.54, 1.807) is 11.1 Å². The molecular weight excluding hydrogens is 264 g/mol. The first kappa shape index (κ1) is 11.9. The van der Waals surface area contributed by atoms with Crippen molar-refractivity contribution >= 4 is 0 Å². The number of hydrogen-bond acceptors (Lipinski definition) is 0. The van der Waals surface area contributed by atoms with Crippen LogP contribution in [-0.4, -0.2) is 0 Å². The molecule has 110 valence electrons. The Bertz CT molecular complexity index is 648. The Balaban J connectivity index is 1.21. The van der Waals surface area contributed by atoms with E-state index in [1.807, 2.05) is 0 Å². The summed E-state index contributed by atoms with van der Waals surface area (Å²) in [5, 5.41) is 0. The van der Waals surface area contributed by atoms with Crippen LogP contribution >= 0.6 is 0 Å². The van der Waals surface area contributed by atoms with Gasteiger partial charge < -0.3 is 0 Å². The summed E-state index contributed by atoms with van der Waals surface area (Å²) in [5.74, 6) is 0. The summed E-state index contributed by atoms with van der Waals surface area (Å²) in [6.45, 7) is 0. The Morgan fingerprint density at radius 3 is 1.09 bits per heavy atom. The van der Waals surface area contributed by atoms with Gasteiger partial charge in [0.05, 0.1) is 0 Å². The average Bonchev–Trinajstić information content (AvgIpc) is 2.39. The van der Waals surface area contributed by atoms with Crippen molar-refractivity contribution in [3.63, 3.8) is 0 Å². The lowest BCUT2D eigenvalue weighted by atomic mass is 9.16. The molecule has 0 heteroatoms. The molecule has 6 aliphatic carbocycles. The molecule has 0 saturated heterocycles. The van der Waals surface area contributed by atoms with Gasteiger partial charge >= 0.3 is 0 Å². The van der Waals surface area contributed by atoms with Crippen molar-refractivity contribution in [2.24, 2.45) is 10.8 Å². The molecule has 0 N–H and O–H groups in total. The predicted octanol–water partition coefficient (Wildman–Crippen LogP) is 5.23. The van der Waals surface area contributed by atoms with Gasteiger partial charge in [0, 0.05) is 0 Å². The first-order valence-electron chi connectivity index (χ1n) is 8.81. The zero-order valence-corrected chi connectivity index (χ0v) is 13.0. The van der Waals surface area contributed by atoms with Crippen LogP contribution < -0.4 is 0 Å². The van der Waals surface area contributed by atoms with Gasteiger partial charge in [0.1, 0.15) is 0 Å². The minimum absolute atomic E-state index is 0.580. The quantitative estimate of drug-likeness (QED) is 0.724. The number of benzene rings is 2. The fraction of sp³-hybridized carbons (Fsp3) is 0.455. The van der Waals surface area contributed by atoms with Crippen LogP contribution in [0, 0.1) is 10.8 Å². The summed E-state index contributed by atoms with van der Waals surface area (Å²) < 4.78 is 0. The SMILES string of the molecule is c1ccc(C23CC(C45CC(c6ccccc6)(C4)C5)(C2)C3)cc1. The molecule has 0 aromatic heterocycles. The Labute approximate surface area is 132 Å². The van der Waals surface area contributed by atoms with Gasteiger partial charge in [0.15, 0.2) is 0 Å². The molecule has 22 heavy (non-hydrogen) atoms. The Morgan fingerprint density at radius 1 is 0.455 bits per heavy atom. The third kappa shape index (κ3) is 1.10. The molecule has 0 heterocycles.